The summed E-state index contributed by atoms with van der Waals surface area (Å²) >= 11 is 0. The predicted octanol–water partition coefficient (Wildman–Crippen LogP) is 7.59. The number of aromatic nitrogens is 1. The zero-order valence-electron chi connectivity index (χ0n) is 25.4. The minimum Gasteiger partial charge on any atom is -0.497 e. The molecule has 0 N–H and O–H groups in total. The summed E-state index contributed by atoms with van der Waals surface area (Å²) in [4.78, 5) is 35.5. The van der Waals surface area contributed by atoms with Gasteiger partial charge in [-0.25, -0.2) is 4.79 Å². The van der Waals surface area contributed by atoms with Gasteiger partial charge < -0.3 is 14.2 Å². The van der Waals surface area contributed by atoms with Crippen LogP contribution in [-0.4, -0.2) is 35.3 Å². The average molecular weight is 560 g/mol. The van der Waals surface area contributed by atoms with Gasteiger partial charge in [0.05, 0.1) is 13.7 Å². The molecule has 1 aromatic heterocycles. The molecular weight excluding hydrogens is 518 g/mol. The number of pyridine rings is 1. The first-order chi connectivity index (χ1) is 19.3. The van der Waals surface area contributed by atoms with Crippen molar-refractivity contribution >= 4 is 29.2 Å². The first-order valence-electron chi connectivity index (χ1n) is 14.0. The van der Waals surface area contributed by atoms with Crippen LogP contribution >= 0.6 is 0 Å². The van der Waals surface area contributed by atoms with Crippen LogP contribution in [0.5, 0.6) is 11.6 Å². The van der Waals surface area contributed by atoms with E-state index in [-0.39, 0.29) is 18.3 Å². The Morgan fingerprint density at radius 2 is 1.80 bits per heavy atom. The number of nitrogens with zero attached hydrogens (tertiary/aromatic N) is 3. The Kier molecular flexibility index (Phi) is 8.61. The third-order valence-electron chi connectivity index (χ3n) is 7.03. The first kappa shape index (κ1) is 29.9. The Bertz CT molecular complexity index is 1400. The van der Waals surface area contributed by atoms with Gasteiger partial charge in [0.15, 0.2) is 5.60 Å². The van der Waals surface area contributed by atoms with Gasteiger partial charge in [0.2, 0.25) is 5.88 Å². The van der Waals surface area contributed by atoms with Gasteiger partial charge in [0, 0.05) is 5.69 Å². The van der Waals surface area contributed by atoms with Crippen LogP contribution < -0.4 is 19.3 Å². The highest BCUT2D eigenvalue weighted by molar-refractivity contribution is 6.08. The van der Waals surface area contributed by atoms with E-state index in [1.165, 1.54) is 4.90 Å². The third-order valence-corrected chi connectivity index (χ3v) is 7.03. The Hall–Kier alpha value is -4.07. The van der Waals surface area contributed by atoms with Crippen LogP contribution in [-0.2, 0) is 16.1 Å². The summed E-state index contributed by atoms with van der Waals surface area (Å²) in [6, 6.07) is 18.7. The quantitative estimate of drug-likeness (QED) is 0.283. The Morgan fingerprint density at radius 3 is 2.41 bits per heavy atom. The maximum atomic E-state index is 13.9. The van der Waals surface area contributed by atoms with E-state index >= 15 is 0 Å². The normalized spacial score (nSPS) is 16.7. The lowest BCUT2D eigenvalue weighted by Crippen LogP contribution is -2.53. The summed E-state index contributed by atoms with van der Waals surface area (Å²) in [5, 5.41) is 0. The number of aryl methyl sites for hydroxylation is 1. The fraction of sp³-hybridized carbons (Fsp3) is 0.424. The minimum atomic E-state index is -1.12. The van der Waals surface area contributed by atoms with Crippen LogP contribution in [0.15, 0.2) is 60.7 Å². The lowest BCUT2D eigenvalue weighted by atomic mass is 9.92. The molecule has 1 aliphatic heterocycles. The van der Waals surface area contributed by atoms with Gasteiger partial charge >= 0.3 is 6.09 Å². The largest absolute Gasteiger partial charge is 0.497 e. The smallest absolute Gasteiger partial charge is 0.416 e. The zero-order valence-corrected chi connectivity index (χ0v) is 25.4. The van der Waals surface area contributed by atoms with Crippen LogP contribution in [0.25, 0.3) is 0 Å². The van der Waals surface area contributed by atoms with Crippen molar-refractivity contribution in [2.45, 2.75) is 79.1 Å². The van der Waals surface area contributed by atoms with Gasteiger partial charge in [-0.1, -0.05) is 38.1 Å². The van der Waals surface area contributed by atoms with Gasteiger partial charge in [-0.05, 0) is 101 Å². The van der Waals surface area contributed by atoms with E-state index in [0.29, 0.717) is 23.8 Å². The number of hydrogen-bond donors (Lipinski definition) is 0. The molecule has 0 saturated carbocycles. The van der Waals surface area contributed by atoms with Gasteiger partial charge in [-0.15, -0.1) is 0 Å². The molecule has 8 heteroatoms. The minimum absolute atomic E-state index is 0.149. The van der Waals surface area contributed by atoms with E-state index in [2.05, 4.69) is 13.8 Å². The highest BCUT2D eigenvalue weighted by atomic mass is 16.6. The molecule has 1 atom stereocenters. The second-order valence-corrected chi connectivity index (χ2v) is 12.1. The van der Waals surface area contributed by atoms with E-state index in [0.717, 1.165) is 29.0 Å². The van der Waals surface area contributed by atoms with Crippen LogP contribution in [0.4, 0.5) is 22.0 Å². The number of carbonyl (C=O) groups excluding carboxylic acids is 2. The number of methoxy groups -OCH3 is 1. The molecular formula is C33H41N3O5. The molecule has 0 spiro atoms. The summed E-state index contributed by atoms with van der Waals surface area (Å²) in [5.41, 5.74) is 1.30. The SMILES string of the molecule is COc1ccc(CN(C(=O)OC(C)(C)C)c2ccc3c(n2)OC(C)(CCC(C)C)C(=O)N3c2ccccc2)c(C)c1. The second kappa shape index (κ2) is 11.8. The molecule has 4 rings (SSSR count). The van der Waals surface area contributed by atoms with Crippen molar-refractivity contribution in [3.05, 3.63) is 71.8 Å². The number of ether oxygens (including phenoxy) is 3. The number of fused-ring (bicyclic) bond motifs is 1. The lowest BCUT2D eigenvalue weighted by Gasteiger charge is -2.40. The fourth-order valence-electron chi connectivity index (χ4n) is 4.68. The van der Waals surface area contributed by atoms with Crippen molar-refractivity contribution in [1.82, 2.24) is 4.98 Å². The maximum absolute atomic E-state index is 13.9. The standard InChI is InChI=1S/C33H41N3O5/c1-22(2)18-19-33(7)30(37)36(25-12-10-9-11-13-25)27-16-17-28(34-29(27)40-33)35(31(38)41-32(4,5)6)21-24-14-15-26(39-8)20-23(24)3/h9-17,20,22H,18-19,21H2,1-8H3. The molecule has 218 valence electrons. The Labute approximate surface area is 243 Å². The topological polar surface area (TPSA) is 81.2 Å². The van der Waals surface area contributed by atoms with Crippen LogP contribution in [0.3, 0.4) is 0 Å². The van der Waals surface area contributed by atoms with E-state index in [9.17, 15) is 9.59 Å². The summed E-state index contributed by atoms with van der Waals surface area (Å²) in [5.74, 6) is 1.63. The third kappa shape index (κ3) is 6.81. The molecule has 2 aromatic carbocycles. The summed E-state index contributed by atoms with van der Waals surface area (Å²) < 4.78 is 17.6. The number of amides is 2. The maximum Gasteiger partial charge on any atom is 0.416 e. The molecule has 0 saturated heterocycles. The molecule has 0 fully saturated rings. The van der Waals surface area contributed by atoms with Gasteiger partial charge in [-0.2, -0.15) is 4.98 Å². The number of rotatable bonds is 8. The van der Waals surface area contributed by atoms with E-state index < -0.39 is 17.3 Å². The highest BCUT2D eigenvalue weighted by Gasteiger charge is 2.46. The van der Waals surface area contributed by atoms with Crippen LogP contribution in [0, 0.1) is 12.8 Å². The highest BCUT2D eigenvalue weighted by Crippen LogP contribution is 2.43. The number of hydrogen-bond acceptors (Lipinski definition) is 6. The molecule has 1 aliphatic rings. The summed E-state index contributed by atoms with van der Waals surface area (Å²) in [6.45, 7) is 13.7. The van der Waals surface area contributed by atoms with E-state index in [1.54, 1.807) is 24.1 Å². The van der Waals surface area contributed by atoms with Crippen LogP contribution in [0.2, 0.25) is 0 Å². The molecule has 41 heavy (non-hydrogen) atoms. The van der Waals surface area contributed by atoms with Crippen molar-refractivity contribution in [2.75, 3.05) is 16.9 Å². The first-order valence-corrected chi connectivity index (χ1v) is 14.0. The molecule has 8 nitrogen and oxygen atoms in total. The predicted molar refractivity (Wildman–Crippen MR) is 161 cm³/mol. The van der Waals surface area contributed by atoms with Gasteiger partial charge in [0.1, 0.15) is 22.9 Å². The Balaban J connectivity index is 1.80. The van der Waals surface area contributed by atoms with Gasteiger partial charge in [-0.3, -0.25) is 14.6 Å². The Morgan fingerprint density at radius 1 is 1.10 bits per heavy atom. The zero-order chi connectivity index (χ0) is 29.9. The summed E-state index contributed by atoms with van der Waals surface area (Å²) in [7, 11) is 1.62. The molecule has 1 unspecified atom stereocenters. The molecule has 2 amide bonds. The van der Waals surface area contributed by atoms with E-state index in [4.69, 9.17) is 19.2 Å². The fourth-order valence-corrected chi connectivity index (χ4v) is 4.68. The van der Waals surface area contributed by atoms with Crippen molar-refractivity contribution in [3.8, 4) is 11.6 Å². The number of anilines is 3. The average Bonchev–Trinajstić information content (AvgIpc) is 2.91. The van der Waals surface area contributed by atoms with Crippen LogP contribution in [0.1, 0.15) is 65.5 Å². The second-order valence-electron chi connectivity index (χ2n) is 12.1. The summed E-state index contributed by atoms with van der Waals surface area (Å²) in [6.07, 6.45) is 0.800. The van der Waals surface area contributed by atoms with Crippen molar-refractivity contribution < 1.29 is 23.8 Å². The number of para-hydroxylation sites is 1. The number of benzene rings is 2. The lowest BCUT2D eigenvalue weighted by molar-refractivity contribution is -0.134. The molecule has 0 radical (unpaired) electrons. The number of carbonyl (C=O) groups is 2. The van der Waals surface area contributed by atoms with Gasteiger partial charge in [0.25, 0.3) is 5.91 Å². The molecule has 3 aromatic rings. The van der Waals surface area contributed by atoms with Crippen molar-refractivity contribution in [3.63, 3.8) is 0 Å². The van der Waals surface area contributed by atoms with E-state index in [1.807, 2.05) is 83.1 Å². The van der Waals surface area contributed by atoms with Crippen molar-refractivity contribution in [2.24, 2.45) is 5.92 Å². The van der Waals surface area contributed by atoms with Crippen molar-refractivity contribution in [1.29, 1.82) is 0 Å². The molecule has 2 heterocycles. The monoisotopic (exact) mass is 559 g/mol. The molecule has 0 aliphatic carbocycles. The molecule has 0 bridgehead atoms.